The zero-order chi connectivity index (χ0) is 13.0. The van der Waals surface area contributed by atoms with Gasteiger partial charge in [0.05, 0.1) is 0 Å². The molecule has 0 heterocycles. The third kappa shape index (κ3) is 6.85. The van der Waals surface area contributed by atoms with Crippen LogP contribution in [0.2, 0.25) is 26.2 Å². The number of hydrogen-bond donors (Lipinski definition) is 0. The van der Waals surface area contributed by atoms with Crippen molar-refractivity contribution in [2.24, 2.45) is 0 Å². The highest BCUT2D eigenvalue weighted by Crippen LogP contribution is 2.20. The Morgan fingerprint density at radius 3 is 2.25 bits per heavy atom. The summed E-state index contributed by atoms with van der Waals surface area (Å²) in [6.45, 7) is 12.7. The van der Waals surface area contributed by atoms with Crippen LogP contribution >= 0.6 is 24.0 Å². The molecule has 0 amide bonds. The average Bonchev–Trinajstić information content (AvgIpc) is 2.12. The van der Waals surface area contributed by atoms with Crippen molar-refractivity contribution in [3.8, 4) is 0 Å². The standard InChI is InChI=1S/C10H23NOS2Si2/c1-8-15(4,5)12-16(6,7)9-14-10(13)11(2)3/h8H,1,9H2,2-7H3. The molecule has 0 saturated heterocycles. The van der Waals surface area contributed by atoms with Crippen molar-refractivity contribution >= 4 is 44.9 Å². The Morgan fingerprint density at radius 1 is 1.38 bits per heavy atom. The predicted molar refractivity (Wildman–Crippen MR) is 85.0 cm³/mol. The Labute approximate surface area is 112 Å². The van der Waals surface area contributed by atoms with Gasteiger partial charge in [-0.05, 0) is 26.2 Å². The van der Waals surface area contributed by atoms with E-state index in [1.54, 1.807) is 11.8 Å². The Kier molecular flexibility index (Phi) is 6.49. The van der Waals surface area contributed by atoms with Crippen LogP contribution in [0.15, 0.2) is 12.3 Å². The van der Waals surface area contributed by atoms with E-state index in [1.165, 1.54) is 0 Å². The van der Waals surface area contributed by atoms with Crippen molar-refractivity contribution in [2.75, 3.05) is 19.5 Å². The molecule has 6 heteroatoms. The lowest BCUT2D eigenvalue weighted by molar-refractivity contribution is 0.564. The maximum atomic E-state index is 6.27. The highest BCUT2D eigenvalue weighted by atomic mass is 32.2. The molecule has 0 aliphatic carbocycles. The van der Waals surface area contributed by atoms with E-state index in [4.69, 9.17) is 16.3 Å². The minimum atomic E-state index is -1.66. The molecule has 0 N–H and O–H groups in total. The van der Waals surface area contributed by atoms with Crippen molar-refractivity contribution in [3.63, 3.8) is 0 Å². The normalized spacial score (nSPS) is 12.4. The Morgan fingerprint density at radius 2 is 1.88 bits per heavy atom. The fraction of sp³-hybridized carbons (Fsp3) is 0.700. The second-order valence-electron chi connectivity index (χ2n) is 5.12. The molecular formula is C10H23NOS2Si2. The lowest BCUT2D eigenvalue weighted by Gasteiger charge is -2.32. The molecule has 2 nitrogen and oxygen atoms in total. The summed E-state index contributed by atoms with van der Waals surface area (Å²) < 4.78 is 7.20. The molecule has 0 aliphatic rings. The van der Waals surface area contributed by atoms with Gasteiger partial charge in [0.2, 0.25) is 0 Å². The quantitative estimate of drug-likeness (QED) is 0.569. The minimum absolute atomic E-state index is 0.933. The summed E-state index contributed by atoms with van der Waals surface area (Å²) >= 11 is 6.99. The van der Waals surface area contributed by atoms with Crippen LogP contribution in [0.25, 0.3) is 0 Å². The molecule has 0 unspecified atom stereocenters. The largest absolute Gasteiger partial charge is 0.452 e. The highest BCUT2D eigenvalue weighted by Gasteiger charge is 2.31. The van der Waals surface area contributed by atoms with Gasteiger partial charge in [-0.3, -0.25) is 0 Å². The smallest absolute Gasteiger partial charge is 0.198 e. The van der Waals surface area contributed by atoms with E-state index in [-0.39, 0.29) is 0 Å². The van der Waals surface area contributed by atoms with E-state index >= 15 is 0 Å². The minimum Gasteiger partial charge on any atom is -0.452 e. The third-order valence-corrected chi connectivity index (χ3v) is 11.9. The van der Waals surface area contributed by atoms with Gasteiger partial charge in [-0.25, -0.2) is 0 Å². The fourth-order valence-corrected chi connectivity index (χ4v) is 10.6. The molecule has 0 fully saturated rings. The van der Waals surface area contributed by atoms with Gasteiger partial charge < -0.3 is 9.02 Å². The zero-order valence-electron chi connectivity index (χ0n) is 11.2. The van der Waals surface area contributed by atoms with E-state index in [0.717, 1.165) is 9.70 Å². The van der Waals surface area contributed by atoms with Gasteiger partial charge in [0.1, 0.15) is 4.32 Å². The summed E-state index contributed by atoms with van der Waals surface area (Å²) in [5.41, 5.74) is 2.00. The summed E-state index contributed by atoms with van der Waals surface area (Å²) in [5.74, 6) is 0. The van der Waals surface area contributed by atoms with Gasteiger partial charge in [-0.2, -0.15) is 0 Å². The Balaban J connectivity index is 4.25. The van der Waals surface area contributed by atoms with Crippen LogP contribution in [-0.2, 0) is 4.12 Å². The molecule has 94 valence electrons. The van der Waals surface area contributed by atoms with Gasteiger partial charge >= 0.3 is 0 Å². The number of hydrogen-bond acceptors (Lipinski definition) is 3. The third-order valence-electron chi connectivity index (χ3n) is 1.94. The molecule has 0 atom stereocenters. The van der Waals surface area contributed by atoms with Crippen molar-refractivity contribution < 1.29 is 4.12 Å². The second-order valence-corrected chi connectivity index (χ2v) is 15.5. The number of thiocarbonyl (C=S) groups is 1. The first kappa shape index (κ1) is 16.4. The number of thioether (sulfide) groups is 1. The van der Waals surface area contributed by atoms with Gasteiger partial charge in [0.25, 0.3) is 0 Å². The molecular weight excluding hydrogens is 270 g/mol. The summed E-state index contributed by atoms with van der Waals surface area (Å²) in [7, 11) is 0.673. The van der Waals surface area contributed by atoms with E-state index in [1.807, 2.05) is 24.7 Å². The molecule has 0 rings (SSSR count). The first-order chi connectivity index (χ1) is 7.09. The van der Waals surface area contributed by atoms with Crippen LogP contribution in [-0.4, -0.2) is 45.3 Å². The van der Waals surface area contributed by atoms with Crippen molar-refractivity contribution in [1.82, 2.24) is 4.90 Å². The van der Waals surface area contributed by atoms with Crippen LogP contribution in [0.1, 0.15) is 0 Å². The van der Waals surface area contributed by atoms with Gasteiger partial charge in [0, 0.05) is 19.5 Å². The monoisotopic (exact) mass is 293 g/mol. The molecule has 0 bridgehead atoms. The fourth-order valence-electron chi connectivity index (χ4n) is 1.15. The summed E-state index contributed by atoms with van der Waals surface area (Å²) in [6, 6.07) is 0. The van der Waals surface area contributed by atoms with Crippen LogP contribution in [0.4, 0.5) is 0 Å². The van der Waals surface area contributed by atoms with Crippen molar-refractivity contribution in [1.29, 1.82) is 0 Å². The van der Waals surface area contributed by atoms with Gasteiger partial charge in [-0.1, -0.05) is 29.7 Å². The predicted octanol–water partition coefficient (Wildman–Crippen LogP) is 3.26. The second kappa shape index (κ2) is 6.35. The molecule has 0 aromatic rings. The number of rotatable bonds is 5. The molecule has 0 radical (unpaired) electrons. The summed E-state index contributed by atoms with van der Waals surface area (Å²) in [4.78, 5) is 1.97. The molecule has 0 saturated carbocycles. The van der Waals surface area contributed by atoms with E-state index in [9.17, 15) is 0 Å². The average molecular weight is 294 g/mol. The van der Waals surface area contributed by atoms with Gasteiger partial charge in [-0.15, -0.1) is 6.58 Å². The first-order valence-electron chi connectivity index (χ1n) is 5.27. The molecule has 0 spiro atoms. The van der Waals surface area contributed by atoms with Crippen LogP contribution in [0, 0.1) is 0 Å². The highest BCUT2D eigenvalue weighted by molar-refractivity contribution is 8.23. The van der Waals surface area contributed by atoms with Crippen LogP contribution in [0.5, 0.6) is 0 Å². The maximum absolute atomic E-state index is 6.27. The first-order valence-corrected chi connectivity index (χ1v) is 12.8. The molecule has 16 heavy (non-hydrogen) atoms. The summed E-state index contributed by atoms with van der Waals surface area (Å²) in [6.07, 6.45) is 0. The Hall–Kier alpha value is 0.374. The molecule has 0 aromatic heterocycles. The zero-order valence-corrected chi connectivity index (χ0v) is 14.8. The Bertz CT molecular complexity index is 268. The SMILES string of the molecule is C=C[Si](C)(C)O[Si](C)(C)CSC(=S)N(C)C. The molecule has 0 aromatic carbocycles. The van der Waals surface area contributed by atoms with Crippen molar-refractivity contribution in [3.05, 3.63) is 12.3 Å². The lowest BCUT2D eigenvalue weighted by atomic mass is 11.0. The molecule has 0 aliphatic heterocycles. The van der Waals surface area contributed by atoms with Gasteiger partial charge in [0.15, 0.2) is 16.6 Å². The maximum Gasteiger partial charge on any atom is 0.198 e. The lowest BCUT2D eigenvalue weighted by Crippen LogP contribution is -2.45. The number of nitrogens with zero attached hydrogens (tertiary/aromatic N) is 1. The topological polar surface area (TPSA) is 12.5 Å². The van der Waals surface area contributed by atoms with Crippen LogP contribution in [0.3, 0.4) is 0 Å². The summed E-state index contributed by atoms with van der Waals surface area (Å²) in [5, 5.41) is 1.01. The van der Waals surface area contributed by atoms with Crippen LogP contribution < -0.4 is 0 Å². The van der Waals surface area contributed by atoms with E-state index in [2.05, 4.69) is 32.8 Å². The van der Waals surface area contributed by atoms with E-state index < -0.39 is 16.6 Å². The van der Waals surface area contributed by atoms with E-state index in [0.29, 0.717) is 0 Å². The van der Waals surface area contributed by atoms with Crippen molar-refractivity contribution in [2.45, 2.75) is 26.2 Å².